The SMILES string of the molecule is Nc1ncnn2c(C3CC(O)C3)nc(-c3cc4nc(-c5ccccc5)ccc4cc3Cl)c12. The van der Waals surface area contributed by atoms with Gasteiger partial charge in [0.15, 0.2) is 5.82 Å². The minimum Gasteiger partial charge on any atom is -0.393 e. The molecule has 0 unspecified atom stereocenters. The number of aromatic nitrogens is 5. The maximum atomic E-state index is 9.79. The van der Waals surface area contributed by atoms with Crippen molar-refractivity contribution in [2.24, 2.45) is 0 Å². The molecule has 8 heteroatoms. The number of nitrogens with zero attached hydrogens (tertiary/aromatic N) is 5. The molecule has 0 aliphatic heterocycles. The van der Waals surface area contributed by atoms with Crippen LogP contribution in [-0.4, -0.2) is 35.8 Å². The average Bonchev–Trinajstić information content (AvgIpc) is 3.17. The Morgan fingerprint density at radius 3 is 2.62 bits per heavy atom. The number of hydrogen-bond acceptors (Lipinski definition) is 6. The number of rotatable bonds is 3. The molecule has 0 radical (unpaired) electrons. The number of aliphatic hydroxyl groups is 1. The summed E-state index contributed by atoms with van der Waals surface area (Å²) in [6.45, 7) is 0. The molecule has 1 fully saturated rings. The van der Waals surface area contributed by atoms with Crippen molar-refractivity contribution in [3.63, 3.8) is 0 Å². The number of fused-ring (bicyclic) bond motifs is 2. The number of hydrogen-bond donors (Lipinski definition) is 2. The van der Waals surface area contributed by atoms with Crippen molar-refractivity contribution in [1.82, 2.24) is 24.6 Å². The highest BCUT2D eigenvalue weighted by molar-refractivity contribution is 6.34. The summed E-state index contributed by atoms with van der Waals surface area (Å²) in [4.78, 5) is 13.9. The fourth-order valence-corrected chi connectivity index (χ4v) is 4.58. The van der Waals surface area contributed by atoms with Crippen molar-refractivity contribution in [2.45, 2.75) is 24.9 Å². The topological polar surface area (TPSA) is 102 Å². The lowest BCUT2D eigenvalue weighted by molar-refractivity contribution is 0.0711. The molecule has 2 aromatic carbocycles. The van der Waals surface area contributed by atoms with Crippen molar-refractivity contribution < 1.29 is 5.11 Å². The lowest BCUT2D eigenvalue weighted by Gasteiger charge is -2.29. The van der Waals surface area contributed by atoms with E-state index in [1.807, 2.05) is 54.6 Å². The van der Waals surface area contributed by atoms with Crippen LogP contribution in [0.5, 0.6) is 0 Å². The van der Waals surface area contributed by atoms with Crippen molar-refractivity contribution >= 4 is 33.8 Å². The van der Waals surface area contributed by atoms with Gasteiger partial charge in [0, 0.05) is 22.4 Å². The second-order valence-corrected chi connectivity index (χ2v) is 8.54. The van der Waals surface area contributed by atoms with E-state index < -0.39 is 0 Å². The van der Waals surface area contributed by atoms with Gasteiger partial charge in [0.1, 0.15) is 23.4 Å². The van der Waals surface area contributed by atoms with Crippen molar-refractivity contribution in [3.8, 4) is 22.5 Å². The van der Waals surface area contributed by atoms with Gasteiger partial charge in [-0.2, -0.15) is 5.10 Å². The summed E-state index contributed by atoms with van der Waals surface area (Å²) in [5, 5.41) is 15.7. The van der Waals surface area contributed by atoms with E-state index in [0.29, 0.717) is 34.9 Å². The Labute approximate surface area is 188 Å². The van der Waals surface area contributed by atoms with Gasteiger partial charge in [-0.05, 0) is 31.0 Å². The predicted molar refractivity (Wildman–Crippen MR) is 124 cm³/mol. The standard InChI is InChI=1S/C24H19ClN6O/c25-18-10-14-6-7-19(13-4-2-1-3-5-13)29-20(14)11-17(18)21-22-23(26)27-12-28-31(22)24(30-21)15-8-16(32)9-15/h1-7,10-12,15-16,32H,8-9H2,(H2,26,27,28). The highest BCUT2D eigenvalue weighted by Gasteiger charge is 2.34. The molecule has 6 rings (SSSR count). The number of benzene rings is 2. The quantitative estimate of drug-likeness (QED) is 0.427. The summed E-state index contributed by atoms with van der Waals surface area (Å²) >= 11 is 6.71. The first-order valence-corrected chi connectivity index (χ1v) is 10.8. The van der Waals surface area contributed by atoms with E-state index in [2.05, 4.69) is 10.1 Å². The second-order valence-electron chi connectivity index (χ2n) is 8.13. The van der Waals surface area contributed by atoms with Crippen molar-refractivity contribution in [3.05, 3.63) is 71.8 Å². The van der Waals surface area contributed by atoms with Gasteiger partial charge in [0.05, 0.1) is 22.3 Å². The lowest BCUT2D eigenvalue weighted by Crippen LogP contribution is -2.28. The fourth-order valence-electron chi connectivity index (χ4n) is 4.32. The maximum Gasteiger partial charge on any atom is 0.153 e. The molecule has 0 spiro atoms. The summed E-state index contributed by atoms with van der Waals surface area (Å²) in [5.41, 5.74) is 10.9. The number of nitrogens with two attached hydrogens (primary N) is 1. The molecule has 158 valence electrons. The smallest absolute Gasteiger partial charge is 0.153 e. The van der Waals surface area contributed by atoms with E-state index in [4.69, 9.17) is 27.3 Å². The molecule has 3 aromatic heterocycles. The number of nitrogen functional groups attached to an aromatic ring is 1. The van der Waals surface area contributed by atoms with Gasteiger partial charge in [-0.25, -0.2) is 19.5 Å². The van der Waals surface area contributed by atoms with Crippen LogP contribution in [-0.2, 0) is 0 Å². The Hall–Kier alpha value is -3.55. The molecule has 32 heavy (non-hydrogen) atoms. The van der Waals surface area contributed by atoms with Gasteiger partial charge in [-0.1, -0.05) is 48.0 Å². The van der Waals surface area contributed by atoms with Crippen LogP contribution in [0.3, 0.4) is 0 Å². The van der Waals surface area contributed by atoms with E-state index >= 15 is 0 Å². The van der Waals surface area contributed by atoms with E-state index in [0.717, 1.165) is 33.5 Å². The Balaban J connectivity index is 1.55. The van der Waals surface area contributed by atoms with E-state index in [1.165, 1.54) is 6.33 Å². The van der Waals surface area contributed by atoms with Gasteiger partial charge < -0.3 is 10.8 Å². The molecule has 3 N–H and O–H groups in total. The Morgan fingerprint density at radius 1 is 1.03 bits per heavy atom. The molecular weight excluding hydrogens is 424 g/mol. The highest BCUT2D eigenvalue weighted by Crippen LogP contribution is 2.41. The number of pyridine rings is 1. The number of anilines is 1. The number of halogens is 1. The van der Waals surface area contributed by atoms with Crippen LogP contribution in [0.1, 0.15) is 24.6 Å². The Kier molecular flexibility index (Phi) is 4.34. The average molecular weight is 443 g/mol. The third-order valence-corrected chi connectivity index (χ3v) is 6.38. The third-order valence-electron chi connectivity index (χ3n) is 6.07. The van der Waals surface area contributed by atoms with E-state index in [1.54, 1.807) is 4.52 Å². The second kappa shape index (κ2) is 7.25. The first-order valence-electron chi connectivity index (χ1n) is 10.4. The largest absolute Gasteiger partial charge is 0.393 e. The Bertz CT molecular complexity index is 1480. The predicted octanol–water partition coefficient (Wildman–Crippen LogP) is 4.48. The number of aliphatic hydroxyl groups excluding tert-OH is 1. The molecule has 0 atom stereocenters. The molecule has 0 amide bonds. The zero-order chi connectivity index (χ0) is 21.8. The molecule has 3 heterocycles. The minimum absolute atomic E-state index is 0.114. The molecule has 1 aliphatic carbocycles. The van der Waals surface area contributed by atoms with Crippen molar-refractivity contribution in [2.75, 3.05) is 5.73 Å². The first-order chi connectivity index (χ1) is 15.6. The molecule has 5 aromatic rings. The molecule has 7 nitrogen and oxygen atoms in total. The van der Waals surface area contributed by atoms with Gasteiger partial charge in [0.2, 0.25) is 0 Å². The molecule has 0 bridgehead atoms. The summed E-state index contributed by atoms with van der Waals surface area (Å²) in [6.07, 6.45) is 2.41. The van der Waals surface area contributed by atoms with Gasteiger partial charge in [0.25, 0.3) is 0 Å². The van der Waals surface area contributed by atoms with Gasteiger partial charge in [-0.3, -0.25) is 0 Å². The first kappa shape index (κ1) is 19.2. The highest BCUT2D eigenvalue weighted by atomic mass is 35.5. The van der Waals surface area contributed by atoms with Crippen LogP contribution in [0, 0.1) is 0 Å². The van der Waals surface area contributed by atoms with E-state index in [-0.39, 0.29) is 12.0 Å². The molecular formula is C24H19ClN6O. The minimum atomic E-state index is -0.306. The van der Waals surface area contributed by atoms with Gasteiger partial charge in [-0.15, -0.1) is 0 Å². The summed E-state index contributed by atoms with van der Waals surface area (Å²) in [7, 11) is 0. The maximum absolute atomic E-state index is 9.79. The van der Waals surface area contributed by atoms with Crippen LogP contribution in [0.25, 0.3) is 38.9 Å². The van der Waals surface area contributed by atoms with E-state index in [9.17, 15) is 5.11 Å². The van der Waals surface area contributed by atoms with Crippen LogP contribution in [0.15, 0.2) is 60.9 Å². The molecule has 1 aliphatic rings. The zero-order valence-corrected chi connectivity index (χ0v) is 17.7. The summed E-state index contributed by atoms with van der Waals surface area (Å²) < 4.78 is 1.72. The summed E-state index contributed by atoms with van der Waals surface area (Å²) in [6, 6.07) is 17.9. The van der Waals surface area contributed by atoms with Crippen LogP contribution >= 0.6 is 11.6 Å². The monoisotopic (exact) mass is 442 g/mol. The third kappa shape index (κ3) is 3.01. The zero-order valence-electron chi connectivity index (χ0n) is 17.0. The lowest BCUT2D eigenvalue weighted by atomic mass is 9.82. The van der Waals surface area contributed by atoms with Crippen LogP contribution in [0.2, 0.25) is 5.02 Å². The summed E-state index contributed by atoms with van der Waals surface area (Å²) in [5.74, 6) is 1.20. The Morgan fingerprint density at radius 2 is 1.84 bits per heavy atom. The number of imidazole rings is 1. The van der Waals surface area contributed by atoms with Crippen molar-refractivity contribution in [1.29, 1.82) is 0 Å². The normalized spacial score (nSPS) is 18.2. The van der Waals surface area contributed by atoms with Crippen LogP contribution < -0.4 is 5.73 Å². The fraction of sp³-hybridized carbons (Fsp3) is 0.167. The van der Waals surface area contributed by atoms with Crippen LogP contribution in [0.4, 0.5) is 5.82 Å². The molecule has 0 saturated heterocycles. The molecule has 1 saturated carbocycles. The van der Waals surface area contributed by atoms with Gasteiger partial charge >= 0.3 is 0 Å².